The minimum atomic E-state index is -2.94. The maximum Gasteiger partial charge on any atom is 0.387 e. The first-order valence-electron chi connectivity index (χ1n) is 12.7. The fourth-order valence-corrected chi connectivity index (χ4v) is 5.74. The van der Waals surface area contributed by atoms with Crippen LogP contribution in [0.4, 0.5) is 8.78 Å². The van der Waals surface area contributed by atoms with Crippen LogP contribution in [0.2, 0.25) is 0 Å². The first-order chi connectivity index (χ1) is 19.9. The number of rotatable bonds is 7. The number of hydrogen-bond donors (Lipinski definition) is 0. The number of carbonyl (C=O) groups excluding carboxylic acids is 1. The van der Waals surface area contributed by atoms with E-state index >= 15 is 0 Å². The zero-order valence-corrected chi connectivity index (χ0v) is 22.4. The molecule has 1 aromatic heterocycles. The van der Waals surface area contributed by atoms with Gasteiger partial charge in [0, 0.05) is 5.56 Å². The standard InChI is InChI=1S/C30H22F2N2O6S/c1-2-37-28(36)24-25(18-6-4-3-5-7-18)33-30-34(26(24)19-10-13-21-22(15-19)39-16-38-21)27(35)23(41-30)14-17-8-11-20(12-9-17)40-29(31)32/h3-15,26,29H,2,16H2,1H3/b23-14+/t26-/m1/s1. The van der Waals surface area contributed by atoms with Crippen LogP contribution >= 0.6 is 11.3 Å². The Morgan fingerprint density at radius 2 is 1.85 bits per heavy atom. The Hall–Kier alpha value is -4.77. The fourth-order valence-electron chi connectivity index (χ4n) is 4.74. The minimum Gasteiger partial charge on any atom is -0.463 e. The number of aromatic nitrogens is 1. The summed E-state index contributed by atoms with van der Waals surface area (Å²) in [6.07, 6.45) is 1.64. The average Bonchev–Trinajstić information content (AvgIpc) is 3.57. The molecule has 0 aliphatic carbocycles. The second kappa shape index (κ2) is 11.0. The number of benzene rings is 3. The van der Waals surface area contributed by atoms with E-state index in [1.807, 2.05) is 30.3 Å². The van der Waals surface area contributed by atoms with Crippen molar-refractivity contribution in [2.75, 3.05) is 13.4 Å². The Kier molecular flexibility index (Phi) is 7.10. The number of carbonyl (C=O) groups is 1. The van der Waals surface area contributed by atoms with Crippen LogP contribution in [0.5, 0.6) is 17.2 Å². The van der Waals surface area contributed by atoms with Crippen molar-refractivity contribution in [3.63, 3.8) is 0 Å². The number of halogens is 2. The first kappa shape index (κ1) is 26.5. The minimum absolute atomic E-state index is 0.00741. The molecular formula is C30H22F2N2O6S. The van der Waals surface area contributed by atoms with Crippen molar-refractivity contribution in [3.8, 4) is 17.2 Å². The van der Waals surface area contributed by atoms with E-state index in [-0.39, 0.29) is 30.3 Å². The van der Waals surface area contributed by atoms with E-state index < -0.39 is 18.6 Å². The van der Waals surface area contributed by atoms with Gasteiger partial charge < -0.3 is 18.9 Å². The molecule has 3 aromatic carbocycles. The summed E-state index contributed by atoms with van der Waals surface area (Å²) in [5.74, 6) is 0.470. The summed E-state index contributed by atoms with van der Waals surface area (Å²) in [7, 11) is 0. The molecule has 2 aliphatic rings. The molecule has 0 spiro atoms. The average molecular weight is 577 g/mol. The molecular weight excluding hydrogens is 554 g/mol. The lowest BCUT2D eigenvalue weighted by Crippen LogP contribution is -2.40. The molecule has 3 heterocycles. The molecule has 0 saturated heterocycles. The number of fused-ring (bicyclic) bond motifs is 2. The molecule has 0 unspecified atom stereocenters. The van der Waals surface area contributed by atoms with Crippen LogP contribution in [0.1, 0.15) is 29.7 Å². The largest absolute Gasteiger partial charge is 0.463 e. The van der Waals surface area contributed by atoms with Crippen molar-refractivity contribution in [1.29, 1.82) is 0 Å². The molecule has 208 valence electrons. The van der Waals surface area contributed by atoms with Crippen molar-refractivity contribution >= 4 is 29.1 Å². The number of alkyl halides is 2. The van der Waals surface area contributed by atoms with Crippen molar-refractivity contribution < 1.29 is 32.5 Å². The van der Waals surface area contributed by atoms with E-state index in [9.17, 15) is 18.4 Å². The predicted octanol–water partition coefficient (Wildman–Crippen LogP) is 4.27. The van der Waals surface area contributed by atoms with Crippen molar-refractivity contribution in [2.24, 2.45) is 4.99 Å². The third-order valence-electron chi connectivity index (χ3n) is 6.49. The van der Waals surface area contributed by atoms with Gasteiger partial charge in [-0.3, -0.25) is 9.36 Å². The predicted molar refractivity (Wildman–Crippen MR) is 147 cm³/mol. The summed E-state index contributed by atoms with van der Waals surface area (Å²) in [5, 5.41) is 0. The van der Waals surface area contributed by atoms with Gasteiger partial charge in [-0.1, -0.05) is 59.9 Å². The smallest absolute Gasteiger partial charge is 0.387 e. The number of hydrogen-bond acceptors (Lipinski definition) is 8. The summed E-state index contributed by atoms with van der Waals surface area (Å²) >= 11 is 1.16. The van der Waals surface area contributed by atoms with E-state index in [1.54, 1.807) is 43.3 Å². The second-order valence-corrected chi connectivity index (χ2v) is 10.0. The highest BCUT2D eigenvalue weighted by Gasteiger charge is 2.36. The normalized spacial score (nSPS) is 16.0. The van der Waals surface area contributed by atoms with E-state index in [4.69, 9.17) is 19.2 Å². The molecule has 0 bridgehead atoms. The van der Waals surface area contributed by atoms with Gasteiger partial charge in [0.15, 0.2) is 16.3 Å². The molecule has 6 rings (SSSR count). The van der Waals surface area contributed by atoms with Crippen LogP contribution in [-0.2, 0) is 9.53 Å². The molecule has 0 amide bonds. The second-order valence-electron chi connectivity index (χ2n) is 8.99. The van der Waals surface area contributed by atoms with Gasteiger partial charge in [0.25, 0.3) is 5.56 Å². The van der Waals surface area contributed by atoms with Gasteiger partial charge in [-0.05, 0) is 48.4 Å². The van der Waals surface area contributed by atoms with Crippen LogP contribution in [0.3, 0.4) is 0 Å². The maximum absolute atomic E-state index is 13.9. The van der Waals surface area contributed by atoms with Crippen LogP contribution in [0.25, 0.3) is 11.8 Å². The highest BCUT2D eigenvalue weighted by molar-refractivity contribution is 7.07. The molecule has 0 N–H and O–H groups in total. The van der Waals surface area contributed by atoms with Crippen molar-refractivity contribution in [3.05, 3.63) is 115 Å². The van der Waals surface area contributed by atoms with Gasteiger partial charge in [-0.15, -0.1) is 0 Å². The number of nitrogens with zero attached hydrogens (tertiary/aromatic N) is 2. The zero-order valence-electron chi connectivity index (χ0n) is 21.6. The Bertz CT molecular complexity index is 1830. The Balaban J connectivity index is 1.57. The molecule has 11 heteroatoms. The Labute approximate surface area is 236 Å². The molecule has 8 nitrogen and oxygen atoms in total. The molecule has 0 saturated carbocycles. The SMILES string of the molecule is CCOC(=O)C1=C(c2ccccc2)N=c2s/c(=C/c3ccc(OC(F)F)cc3)c(=O)n2[C@@H]1c1ccc2c(c1)OCO2. The Morgan fingerprint density at radius 3 is 2.59 bits per heavy atom. The quantitative estimate of drug-likeness (QED) is 0.306. The van der Waals surface area contributed by atoms with Gasteiger partial charge in [-0.25, -0.2) is 9.79 Å². The lowest BCUT2D eigenvalue weighted by molar-refractivity contribution is -0.138. The lowest BCUT2D eigenvalue weighted by Gasteiger charge is -2.26. The van der Waals surface area contributed by atoms with E-state index in [0.29, 0.717) is 43.2 Å². The molecule has 0 fully saturated rings. The zero-order chi connectivity index (χ0) is 28.5. The van der Waals surface area contributed by atoms with E-state index in [1.165, 1.54) is 16.7 Å². The number of ether oxygens (including phenoxy) is 4. The summed E-state index contributed by atoms with van der Waals surface area (Å²) in [4.78, 5) is 32.7. The van der Waals surface area contributed by atoms with Gasteiger partial charge in [0.2, 0.25) is 6.79 Å². The molecule has 0 radical (unpaired) electrons. The highest BCUT2D eigenvalue weighted by Crippen LogP contribution is 2.40. The van der Waals surface area contributed by atoms with Crippen LogP contribution in [0.15, 0.2) is 88.2 Å². The van der Waals surface area contributed by atoms with Crippen molar-refractivity contribution in [2.45, 2.75) is 19.6 Å². The molecule has 1 atom stereocenters. The maximum atomic E-state index is 13.9. The third-order valence-corrected chi connectivity index (χ3v) is 7.47. The van der Waals surface area contributed by atoms with Gasteiger partial charge in [0.1, 0.15) is 5.75 Å². The number of esters is 1. The summed E-state index contributed by atoms with van der Waals surface area (Å²) in [6, 6.07) is 19.6. The number of thiazole rings is 1. The van der Waals surface area contributed by atoms with Crippen LogP contribution in [-0.4, -0.2) is 30.5 Å². The first-order valence-corrected chi connectivity index (χ1v) is 13.5. The molecule has 2 aliphatic heterocycles. The topological polar surface area (TPSA) is 88.4 Å². The molecule has 41 heavy (non-hydrogen) atoms. The summed E-state index contributed by atoms with van der Waals surface area (Å²) in [6.45, 7) is -1.02. The van der Waals surface area contributed by atoms with E-state index in [2.05, 4.69) is 4.74 Å². The van der Waals surface area contributed by atoms with E-state index in [0.717, 1.165) is 11.3 Å². The van der Waals surface area contributed by atoms with Gasteiger partial charge in [0.05, 0.1) is 28.5 Å². The lowest BCUT2D eigenvalue weighted by atomic mass is 9.93. The summed E-state index contributed by atoms with van der Waals surface area (Å²) < 4.78 is 47.9. The monoisotopic (exact) mass is 576 g/mol. The Morgan fingerprint density at radius 1 is 1.10 bits per heavy atom. The van der Waals surface area contributed by atoms with Gasteiger partial charge in [-0.2, -0.15) is 8.78 Å². The summed E-state index contributed by atoms with van der Waals surface area (Å²) in [5.41, 5.74) is 2.13. The fraction of sp³-hybridized carbons (Fsp3) is 0.167. The highest BCUT2D eigenvalue weighted by atomic mass is 32.1. The third kappa shape index (κ3) is 5.11. The molecule has 4 aromatic rings. The van der Waals surface area contributed by atoms with Crippen molar-refractivity contribution in [1.82, 2.24) is 4.57 Å². The van der Waals surface area contributed by atoms with Gasteiger partial charge >= 0.3 is 12.6 Å². The van der Waals surface area contributed by atoms with Crippen LogP contribution < -0.4 is 29.1 Å². The van der Waals surface area contributed by atoms with Crippen LogP contribution in [0, 0.1) is 0 Å².